The van der Waals surface area contributed by atoms with Crippen LogP contribution in [-0.4, -0.2) is 31.4 Å². The first kappa shape index (κ1) is 27.1. The molecule has 2 N–H and O–H groups in total. The molecule has 2 amide bonds. The average molecular weight is 546 g/mol. The highest BCUT2D eigenvalue weighted by atomic mass is 16.2. The Morgan fingerprint density at radius 1 is 0.780 bits per heavy atom. The van der Waals surface area contributed by atoms with Gasteiger partial charge in [0.2, 0.25) is 5.91 Å². The molecule has 0 radical (unpaired) electrons. The predicted molar refractivity (Wildman–Crippen MR) is 171 cm³/mol. The minimum atomic E-state index is -0.126. The first-order chi connectivity index (χ1) is 20.1. The van der Waals surface area contributed by atoms with E-state index in [1.54, 1.807) is 0 Å². The van der Waals surface area contributed by atoms with Gasteiger partial charge < -0.3 is 15.5 Å². The van der Waals surface area contributed by atoms with E-state index in [4.69, 9.17) is 0 Å². The van der Waals surface area contributed by atoms with Gasteiger partial charge in [0.15, 0.2) is 0 Å². The summed E-state index contributed by atoms with van der Waals surface area (Å²) in [6, 6.07) is 25.1. The van der Waals surface area contributed by atoms with Crippen LogP contribution in [0.5, 0.6) is 0 Å². The molecule has 1 fully saturated rings. The molecular weight excluding hydrogens is 506 g/mol. The number of nitrogens with one attached hydrogen (secondary N) is 2. The van der Waals surface area contributed by atoms with Gasteiger partial charge in [-0.25, -0.2) is 0 Å². The maximum Gasteiger partial charge on any atom is 0.253 e. The van der Waals surface area contributed by atoms with E-state index in [2.05, 4.69) is 77.1 Å². The quantitative estimate of drug-likeness (QED) is 0.138. The number of piperidine rings is 1. The summed E-state index contributed by atoms with van der Waals surface area (Å²) >= 11 is 0. The number of hydrogen-bond acceptors (Lipinski definition) is 3. The highest BCUT2D eigenvalue weighted by Crippen LogP contribution is 2.36. The molecular formula is C36H39N3O2. The molecule has 0 unspecified atom stereocenters. The van der Waals surface area contributed by atoms with Crippen LogP contribution >= 0.6 is 0 Å². The molecule has 0 saturated carbocycles. The minimum Gasteiger partial charge on any atom is -0.372 e. The van der Waals surface area contributed by atoms with E-state index in [-0.39, 0.29) is 18.2 Å². The molecule has 6 rings (SSSR count). The lowest BCUT2D eigenvalue weighted by Crippen LogP contribution is -2.30. The Balaban J connectivity index is 1.26. The molecule has 210 valence electrons. The van der Waals surface area contributed by atoms with Crippen LogP contribution in [0.1, 0.15) is 67.8 Å². The zero-order chi connectivity index (χ0) is 28.2. The number of hydrogen-bond donors (Lipinski definition) is 2. The van der Waals surface area contributed by atoms with Crippen molar-refractivity contribution in [2.75, 3.05) is 29.9 Å². The molecule has 5 heteroatoms. The summed E-state index contributed by atoms with van der Waals surface area (Å²) in [5, 5.41) is 13.3. The Morgan fingerprint density at radius 3 is 2.29 bits per heavy atom. The van der Waals surface area contributed by atoms with E-state index < -0.39 is 0 Å². The van der Waals surface area contributed by atoms with Crippen LogP contribution in [-0.2, 0) is 11.2 Å². The van der Waals surface area contributed by atoms with Gasteiger partial charge in [0, 0.05) is 25.3 Å². The molecule has 0 atom stereocenters. The van der Waals surface area contributed by atoms with Crippen LogP contribution in [0.25, 0.3) is 32.3 Å². The summed E-state index contributed by atoms with van der Waals surface area (Å²) in [5.41, 5.74) is 3.14. The molecule has 5 aromatic rings. The van der Waals surface area contributed by atoms with E-state index in [0.717, 1.165) is 61.8 Å². The van der Waals surface area contributed by atoms with Crippen molar-refractivity contribution in [3.63, 3.8) is 0 Å². The van der Waals surface area contributed by atoms with Crippen molar-refractivity contribution in [2.45, 2.75) is 58.3 Å². The van der Waals surface area contributed by atoms with Crippen LogP contribution in [0.2, 0.25) is 0 Å². The van der Waals surface area contributed by atoms with Gasteiger partial charge in [0.1, 0.15) is 0 Å². The Bertz CT molecular complexity index is 1670. The maximum absolute atomic E-state index is 13.5. The molecule has 0 bridgehead atoms. The lowest BCUT2D eigenvalue weighted by atomic mass is 9.91. The summed E-state index contributed by atoms with van der Waals surface area (Å²) in [5.74, 6) is -0.249. The first-order valence-electron chi connectivity index (χ1n) is 15.2. The Kier molecular flexibility index (Phi) is 8.04. The van der Waals surface area contributed by atoms with E-state index in [1.807, 2.05) is 18.2 Å². The summed E-state index contributed by atoms with van der Waals surface area (Å²) in [4.78, 5) is 29.2. The summed E-state index contributed by atoms with van der Waals surface area (Å²) in [6.07, 6.45) is 8.21. The third kappa shape index (κ3) is 5.72. The van der Waals surface area contributed by atoms with Crippen molar-refractivity contribution in [1.82, 2.24) is 5.32 Å². The number of nitrogens with zero attached hydrogens (tertiary/aromatic N) is 1. The Hall–Kier alpha value is -4.12. The fourth-order valence-corrected chi connectivity index (χ4v) is 6.34. The van der Waals surface area contributed by atoms with Gasteiger partial charge >= 0.3 is 0 Å². The van der Waals surface area contributed by atoms with E-state index in [1.165, 1.54) is 39.8 Å². The molecule has 5 aromatic carbocycles. The third-order valence-electron chi connectivity index (χ3n) is 8.53. The highest BCUT2D eigenvalue weighted by molar-refractivity contribution is 6.23. The second-order valence-corrected chi connectivity index (χ2v) is 11.4. The van der Waals surface area contributed by atoms with Crippen LogP contribution in [0.15, 0.2) is 72.8 Å². The number of benzene rings is 5. The monoisotopic (exact) mass is 545 g/mol. The summed E-state index contributed by atoms with van der Waals surface area (Å²) in [7, 11) is 0. The fraction of sp³-hybridized carbons (Fsp3) is 0.333. The number of anilines is 2. The van der Waals surface area contributed by atoms with Crippen molar-refractivity contribution < 1.29 is 9.59 Å². The van der Waals surface area contributed by atoms with E-state index in [9.17, 15) is 9.59 Å². The second kappa shape index (κ2) is 12.2. The summed E-state index contributed by atoms with van der Waals surface area (Å²) in [6.45, 7) is 4.82. The SMILES string of the molecule is CCCCCCNC(=O)c1cc(N2CCCCC2)ccc1NC(=O)Cc1ccc2ccc3cccc4ccc1c2c34. The lowest BCUT2D eigenvalue weighted by Gasteiger charge is -2.29. The number of carbonyl (C=O) groups is 2. The zero-order valence-corrected chi connectivity index (χ0v) is 24.0. The molecule has 1 heterocycles. The molecule has 41 heavy (non-hydrogen) atoms. The van der Waals surface area contributed by atoms with Crippen molar-refractivity contribution in [3.8, 4) is 0 Å². The number of unbranched alkanes of at least 4 members (excludes halogenated alkanes) is 3. The zero-order valence-electron chi connectivity index (χ0n) is 24.0. The van der Waals surface area contributed by atoms with Gasteiger partial charge in [-0.1, -0.05) is 80.8 Å². The number of rotatable bonds is 10. The van der Waals surface area contributed by atoms with Gasteiger partial charge in [-0.15, -0.1) is 0 Å². The van der Waals surface area contributed by atoms with E-state index >= 15 is 0 Å². The van der Waals surface area contributed by atoms with Crippen LogP contribution in [0.3, 0.4) is 0 Å². The van der Waals surface area contributed by atoms with Crippen molar-refractivity contribution >= 4 is 55.5 Å². The van der Waals surface area contributed by atoms with Crippen LogP contribution in [0.4, 0.5) is 11.4 Å². The standard InChI is InChI=1S/C36H39N3O2/c1-2-3-4-6-20-37-36(41)31-24-29(39-21-7-5-8-22-39)17-19-32(31)38-33(40)23-28-15-14-27-13-12-25-10-9-11-26-16-18-30(28)35(27)34(25)26/h9-19,24H,2-8,20-23H2,1H3,(H,37,41)(H,38,40). The van der Waals surface area contributed by atoms with E-state index in [0.29, 0.717) is 17.8 Å². The largest absolute Gasteiger partial charge is 0.372 e. The summed E-state index contributed by atoms with van der Waals surface area (Å²) < 4.78 is 0. The van der Waals surface area contributed by atoms with Crippen LogP contribution < -0.4 is 15.5 Å². The lowest BCUT2D eigenvalue weighted by molar-refractivity contribution is -0.115. The average Bonchev–Trinajstić information content (AvgIpc) is 3.01. The van der Waals surface area contributed by atoms with Crippen molar-refractivity contribution in [2.24, 2.45) is 0 Å². The van der Waals surface area contributed by atoms with Gasteiger partial charge in [-0.05, 0) is 81.8 Å². The normalized spacial score (nSPS) is 13.7. The topological polar surface area (TPSA) is 61.4 Å². The van der Waals surface area contributed by atoms with Gasteiger partial charge in [0.25, 0.3) is 5.91 Å². The molecule has 5 nitrogen and oxygen atoms in total. The smallest absolute Gasteiger partial charge is 0.253 e. The second-order valence-electron chi connectivity index (χ2n) is 11.4. The maximum atomic E-state index is 13.5. The van der Waals surface area contributed by atoms with Crippen molar-refractivity contribution in [1.29, 1.82) is 0 Å². The molecule has 1 aliphatic heterocycles. The molecule has 0 aromatic heterocycles. The molecule has 0 spiro atoms. The molecule has 1 saturated heterocycles. The molecule has 0 aliphatic carbocycles. The minimum absolute atomic E-state index is 0.122. The number of amides is 2. The van der Waals surface area contributed by atoms with Crippen LogP contribution in [0, 0.1) is 0 Å². The predicted octanol–water partition coefficient (Wildman–Crippen LogP) is 8.07. The fourth-order valence-electron chi connectivity index (χ4n) is 6.34. The highest BCUT2D eigenvalue weighted by Gasteiger charge is 2.19. The Labute approximate surface area is 242 Å². The van der Waals surface area contributed by atoms with Gasteiger partial charge in [-0.2, -0.15) is 0 Å². The first-order valence-corrected chi connectivity index (χ1v) is 15.2. The Morgan fingerprint density at radius 2 is 1.51 bits per heavy atom. The number of carbonyl (C=O) groups excluding carboxylic acids is 2. The van der Waals surface area contributed by atoms with Gasteiger partial charge in [0.05, 0.1) is 17.7 Å². The van der Waals surface area contributed by atoms with Gasteiger partial charge in [-0.3, -0.25) is 9.59 Å². The van der Waals surface area contributed by atoms with Crippen molar-refractivity contribution in [3.05, 3.63) is 83.9 Å². The molecule has 1 aliphatic rings. The third-order valence-corrected chi connectivity index (χ3v) is 8.53.